The summed E-state index contributed by atoms with van der Waals surface area (Å²) in [5.74, 6) is -1.01. The largest absolute Gasteiger partial charge is 0.504 e. The smallest absolute Gasteiger partial charge is 0.335 e. The molecule has 0 bridgehead atoms. The minimum Gasteiger partial charge on any atom is -0.504 e. The number of carbonyl (C=O) groups is 1. The summed E-state index contributed by atoms with van der Waals surface area (Å²) in [6.45, 7) is 1.79. The van der Waals surface area contributed by atoms with E-state index in [1.807, 2.05) is 0 Å². The van der Waals surface area contributed by atoms with Gasteiger partial charge in [0.15, 0.2) is 11.5 Å². The molecule has 1 unspecified atom stereocenters. The maximum Gasteiger partial charge on any atom is 0.335 e. The second-order valence-corrected chi connectivity index (χ2v) is 3.99. The molecule has 3 N–H and O–H groups in total. The highest BCUT2D eigenvalue weighted by molar-refractivity contribution is 5.89. The van der Waals surface area contributed by atoms with Crippen LogP contribution in [0, 0.1) is 0 Å². The molecule has 6 heteroatoms. The van der Waals surface area contributed by atoms with Crippen molar-refractivity contribution in [2.45, 2.75) is 6.10 Å². The molecule has 6 nitrogen and oxygen atoms in total. The molecule has 1 saturated heterocycles. The van der Waals surface area contributed by atoms with Crippen LogP contribution in [0.5, 0.6) is 11.5 Å². The normalized spacial score (nSPS) is 19.5. The molecule has 0 aliphatic carbocycles. The fourth-order valence-corrected chi connectivity index (χ4v) is 1.92. The molecule has 1 aromatic rings. The van der Waals surface area contributed by atoms with Gasteiger partial charge in [-0.15, -0.1) is 0 Å². The van der Waals surface area contributed by atoms with Gasteiger partial charge < -0.3 is 25.0 Å². The maximum absolute atomic E-state index is 11.0. The van der Waals surface area contributed by atoms with Gasteiger partial charge in [0, 0.05) is 18.7 Å². The molecule has 98 valence electrons. The Kier molecular flexibility index (Phi) is 3.69. The first-order valence-corrected chi connectivity index (χ1v) is 5.60. The van der Waals surface area contributed by atoms with Crippen molar-refractivity contribution in [1.29, 1.82) is 0 Å². The SMILES string of the molecule is COc1cc(C(=O)O)cc(C2CNCCO2)c1O. The number of rotatable bonds is 3. The molecule has 1 aromatic carbocycles. The van der Waals surface area contributed by atoms with Crippen LogP contribution in [0.15, 0.2) is 12.1 Å². The second-order valence-electron chi connectivity index (χ2n) is 3.99. The van der Waals surface area contributed by atoms with Gasteiger partial charge in [-0.3, -0.25) is 0 Å². The van der Waals surface area contributed by atoms with E-state index in [4.69, 9.17) is 14.6 Å². The number of hydrogen-bond acceptors (Lipinski definition) is 5. The van der Waals surface area contributed by atoms with Gasteiger partial charge in [0.05, 0.1) is 25.4 Å². The Hall–Kier alpha value is -1.79. The number of aromatic hydroxyl groups is 1. The summed E-state index contributed by atoms with van der Waals surface area (Å²) in [7, 11) is 1.38. The van der Waals surface area contributed by atoms with Crippen molar-refractivity contribution in [3.05, 3.63) is 23.3 Å². The third kappa shape index (κ3) is 2.39. The first-order valence-electron chi connectivity index (χ1n) is 5.60. The number of carboxylic acid groups (broad SMARTS) is 1. The van der Waals surface area contributed by atoms with Crippen molar-refractivity contribution >= 4 is 5.97 Å². The Balaban J connectivity index is 2.43. The van der Waals surface area contributed by atoms with Crippen molar-refractivity contribution < 1.29 is 24.5 Å². The van der Waals surface area contributed by atoms with Crippen LogP contribution in [0.2, 0.25) is 0 Å². The number of benzene rings is 1. The van der Waals surface area contributed by atoms with Crippen LogP contribution in [-0.4, -0.2) is 43.0 Å². The zero-order valence-corrected chi connectivity index (χ0v) is 9.97. The molecule has 1 aliphatic heterocycles. The van der Waals surface area contributed by atoms with Gasteiger partial charge in [-0.1, -0.05) is 0 Å². The van der Waals surface area contributed by atoms with E-state index in [1.54, 1.807) is 0 Å². The van der Waals surface area contributed by atoms with E-state index in [0.717, 1.165) is 6.54 Å². The lowest BCUT2D eigenvalue weighted by atomic mass is 10.0. The Morgan fingerprint density at radius 1 is 1.56 bits per heavy atom. The number of nitrogens with one attached hydrogen (secondary N) is 1. The highest BCUT2D eigenvalue weighted by atomic mass is 16.5. The Morgan fingerprint density at radius 2 is 2.33 bits per heavy atom. The van der Waals surface area contributed by atoms with Crippen LogP contribution in [0.4, 0.5) is 0 Å². The van der Waals surface area contributed by atoms with Gasteiger partial charge in [0.2, 0.25) is 0 Å². The van der Waals surface area contributed by atoms with Crippen LogP contribution in [0.1, 0.15) is 22.0 Å². The standard InChI is InChI=1S/C12H15NO5/c1-17-9-5-7(12(15)16)4-8(11(9)14)10-6-13-2-3-18-10/h4-5,10,13-14H,2-3,6H2,1H3,(H,15,16). The second kappa shape index (κ2) is 5.24. The summed E-state index contributed by atoms with van der Waals surface area (Å²) in [5, 5.41) is 22.2. The van der Waals surface area contributed by atoms with E-state index in [1.165, 1.54) is 19.2 Å². The summed E-state index contributed by atoms with van der Waals surface area (Å²) in [5.41, 5.74) is 0.493. The number of phenols is 1. The van der Waals surface area contributed by atoms with Crippen LogP contribution in [0.25, 0.3) is 0 Å². The number of ether oxygens (including phenoxy) is 2. The van der Waals surface area contributed by atoms with Crippen LogP contribution < -0.4 is 10.1 Å². The first-order chi connectivity index (χ1) is 8.63. The predicted octanol–water partition coefficient (Wildman–Crippen LogP) is 0.760. The van der Waals surface area contributed by atoms with Crippen LogP contribution in [0.3, 0.4) is 0 Å². The number of carboxylic acids is 1. The average molecular weight is 253 g/mol. The van der Waals surface area contributed by atoms with Crippen molar-refractivity contribution in [2.24, 2.45) is 0 Å². The molecule has 18 heavy (non-hydrogen) atoms. The van der Waals surface area contributed by atoms with E-state index in [9.17, 15) is 9.90 Å². The van der Waals surface area contributed by atoms with Crippen LogP contribution >= 0.6 is 0 Å². The molecule has 1 aliphatic rings. The first kappa shape index (κ1) is 12.7. The summed E-state index contributed by atoms with van der Waals surface area (Å²) in [6, 6.07) is 2.70. The monoisotopic (exact) mass is 253 g/mol. The maximum atomic E-state index is 11.0. The predicted molar refractivity (Wildman–Crippen MR) is 63.2 cm³/mol. The summed E-state index contributed by atoms with van der Waals surface area (Å²) >= 11 is 0. The van der Waals surface area contributed by atoms with Crippen molar-refractivity contribution in [2.75, 3.05) is 26.8 Å². The zero-order valence-electron chi connectivity index (χ0n) is 9.97. The molecular weight excluding hydrogens is 238 g/mol. The highest BCUT2D eigenvalue weighted by Gasteiger charge is 2.23. The molecule has 0 spiro atoms. The number of morpholine rings is 1. The average Bonchev–Trinajstić information content (AvgIpc) is 2.39. The van der Waals surface area contributed by atoms with Crippen molar-refractivity contribution in [1.82, 2.24) is 5.32 Å². The lowest BCUT2D eigenvalue weighted by molar-refractivity contribution is 0.0260. The third-order valence-electron chi connectivity index (χ3n) is 2.85. The quantitative estimate of drug-likeness (QED) is 0.737. The summed E-state index contributed by atoms with van der Waals surface area (Å²) < 4.78 is 10.5. The highest BCUT2D eigenvalue weighted by Crippen LogP contribution is 2.36. The minimum atomic E-state index is -1.07. The topological polar surface area (TPSA) is 88.0 Å². The van der Waals surface area contributed by atoms with Gasteiger partial charge in [0.25, 0.3) is 0 Å². The Labute approximate surface area is 104 Å². The molecule has 0 radical (unpaired) electrons. The van der Waals surface area contributed by atoms with E-state index < -0.39 is 5.97 Å². The fraction of sp³-hybridized carbons (Fsp3) is 0.417. The lowest BCUT2D eigenvalue weighted by Crippen LogP contribution is -2.33. The Morgan fingerprint density at radius 3 is 2.89 bits per heavy atom. The molecule has 2 rings (SSSR count). The van der Waals surface area contributed by atoms with E-state index in [0.29, 0.717) is 18.7 Å². The number of hydrogen-bond donors (Lipinski definition) is 3. The molecular formula is C12H15NO5. The summed E-state index contributed by atoms with van der Waals surface area (Å²) in [6.07, 6.45) is -0.369. The van der Waals surface area contributed by atoms with Crippen molar-refractivity contribution in [3.63, 3.8) is 0 Å². The van der Waals surface area contributed by atoms with Gasteiger partial charge in [-0.25, -0.2) is 4.79 Å². The molecule has 1 fully saturated rings. The summed E-state index contributed by atoms with van der Waals surface area (Å²) in [4.78, 5) is 11.0. The molecule has 0 saturated carbocycles. The van der Waals surface area contributed by atoms with Gasteiger partial charge >= 0.3 is 5.97 Å². The van der Waals surface area contributed by atoms with E-state index >= 15 is 0 Å². The Bertz CT molecular complexity index is 454. The third-order valence-corrected chi connectivity index (χ3v) is 2.85. The molecule has 1 heterocycles. The lowest BCUT2D eigenvalue weighted by Gasteiger charge is -2.25. The fourth-order valence-electron chi connectivity index (χ4n) is 1.92. The minimum absolute atomic E-state index is 0.0637. The van der Waals surface area contributed by atoms with Gasteiger partial charge in [-0.05, 0) is 12.1 Å². The number of aromatic carboxylic acids is 1. The van der Waals surface area contributed by atoms with E-state index in [2.05, 4.69) is 5.32 Å². The van der Waals surface area contributed by atoms with E-state index in [-0.39, 0.29) is 23.2 Å². The number of phenolic OH excluding ortho intramolecular Hbond substituents is 1. The van der Waals surface area contributed by atoms with Gasteiger partial charge in [-0.2, -0.15) is 0 Å². The molecule has 1 atom stereocenters. The zero-order chi connectivity index (χ0) is 13.1. The molecule has 0 amide bonds. The van der Waals surface area contributed by atoms with Crippen LogP contribution in [-0.2, 0) is 4.74 Å². The van der Waals surface area contributed by atoms with Crippen molar-refractivity contribution in [3.8, 4) is 11.5 Å². The molecule has 0 aromatic heterocycles. The number of methoxy groups -OCH3 is 1. The van der Waals surface area contributed by atoms with Gasteiger partial charge in [0.1, 0.15) is 0 Å².